The van der Waals surface area contributed by atoms with Crippen molar-refractivity contribution in [1.29, 1.82) is 0 Å². The van der Waals surface area contributed by atoms with E-state index in [1.807, 2.05) is 60.7 Å². The predicted molar refractivity (Wildman–Crippen MR) is 127 cm³/mol. The van der Waals surface area contributed by atoms with E-state index < -0.39 is 6.04 Å². The van der Waals surface area contributed by atoms with Gasteiger partial charge in [-0.2, -0.15) is 0 Å². The maximum atomic E-state index is 13.0. The van der Waals surface area contributed by atoms with Crippen molar-refractivity contribution in [3.63, 3.8) is 0 Å². The lowest BCUT2D eigenvalue weighted by molar-refractivity contribution is -0.142. The Kier molecular flexibility index (Phi) is 8.70. The van der Waals surface area contributed by atoms with E-state index in [1.54, 1.807) is 31.2 Å². The number of halogens is 1. The highest BCUT2D eigenvalue weighted by molar-refractivity contribution is 6.30. The van der Waals surface area contributed by atoms with Gasteiger partial charge in [-0.05, 0) is 48.7 Å². The molecule has 0 saturated carbocycles. The molecule has 0 radical (unpaired) electrons. The van der Waals surface area contributed by atoms with Crippen LogP contribution in [0.15, 0.2) is 84.9 Å². The van der Waals surface area contributed by atoms with Crippen LogP contribution in [0.5, 0.6) is 5.75 Å². The molecule has 2 amide bonds. The summed E-state index contributed by atoms with van der Waals surface area (Å²) in [6.07, 6.45) is 0.724. The minimum absolute atomic E-state index is 0.154. The molecule has 0 aliphatic heterocycles. The summed E-state index contributed by atoms with van der Waals surface area (Å²) in [5.74, 6) is 0.129. The van der Waals surface area contributed by atoms with E-state index in [9.17, 15) is 9.59 Å². The minimum atomic E-state index is -0.659. The van der Waals surface area contributed by atoms with Gasteiger partial charge < -0.3 is 15.0 Å². The molecule has 3 aromatic rings. The van der Waals surface area contributed by atoms with Crippen LogP contribution in [0.4, 0.5) is 0 Å². The fourth-order valence-electron chi connectivity index (χ4n) is 3.24. The highest BCUT2D eigenvalue weighted by atomic mass is 35.5. The maximum absolute atomic E-state index is 13.0. The van der Waals surface area contributed by atoms with Crippen LogP contribution in [-0.2, 0) is 22.6 Å². The lowest BCUT2D eigenvalue weighted by atomic mass is 10.1. The summed E-state index contributed by atoms with van der Waals surface area (Å²) < 4.78 is 5.63. The molecule has 0 aromatic heterocycles. The topological polar surface area (TPSA) is 58.6 Å². The second-order valence-electron chi connectivity index (χ2n) is 7.45. The van der Waals surface area contributed by atoms with Crippen molar-refractivity contribution in [2.24, 2.45) is 0 Å². The number of amides is 2. The minimum Gasteiger partial charge on any atom is -0.484 e. The smallest absolute Gasteiger partial charge is 0.261 e. The number of benzene rings is 3. The summed E-state index contributed by atoms with van der Waals surface area (Å²) >= 11 is 5.98. The van der Waals surface area contributed by atoms with E-state index in [0.29, 0.717) is 17.3 Å². The first-order valence-electron chi connectivity index (χ1n) is 10.6. The van der Waals surface area contributed by atoms with Gasteiger partial charge in [-0.25, -0.2) is 0 Å². The van der Waals surface area contributed by atoms with Crippen LogP contribution in [0.25, 0.3) is 0 Å². The van der Waals surface area contributed by atoms with Gasteiger partial charge in [0.2, 0.25) is 5.91 Å². The zero-order valence-corrected chi connectivity index (χ0v) is 18.8. The van der Waals surface area contributed by atoms with Gasteiger partial charge in [-0.1, -0.05) is 72.3 Å². The molecule has 166 valence electrons. The maximum Gasteiger partial charge on any atom is 0.261 e. The normalized spacial score (nSPS) is 11.4. The number of nitrogens with one attached hydrogen (secondary N) is 1. The van der Waals surface area contributed by atoms with Gasteiger partial charge in [0.15, 0.2) is 6.61 Å². The van der Waals surface area contributed by atoms with Crippen LogP contribution in [0.1, 0.15) is 18.1 Å². The monoisotopic (exact) mass is 450 g/mol. The highest BCUT2D eigenvalue weighted by Gasteiger charge is 2.26. The van der Waals surface area contributed by atoms with Crippen LogP contribution in [-0.4, -0.2) is 35.9 Å². The number of nitrogens with zero attached hydrogens (tertiary/aromatic N) is 1. The number of carbonyl (C=O) groups excluding carboxylic acids is 2. The third-order valence-electron chi connectivity index (χ3n) is 5.09. The summed E-state index contributed by atoms with van der Waals surface area (Å²) in [6.45, 7) is 2.35. The lowest BCUT2D eigenvalue weighted by Gasteiger charge is -2.28. The molecule has 3 aromatic carbocycles. The summed E-state index contributed by atoms with van der Waals surface area (Å²) in [4.78, 5) is 27.4. The average molecular weight is 451 g/mol. The van der Waals surface area contributed by atoms with Gasteiger partial charge in [0.05, 0.1) is 0 Å². The Bertz CT molecular complexity index is 995. The SMILES string of the molecule is CC(C(=O)NCCc1ccccc1)N(Cc1ccc(Cl)cc1)C(=O)COc1ccccc1. The Morgan fingerprint density at radius 2 is 1.53 bits per heavy atom. The number of para-hydroxylation sites is 1. The number of carbonyl (C=O) groups is 2. The Balaban J connectivity index is 1.64. The first-order chi connectivity index (χ1) is 15.5. The predicted octanol–water partition coefficient (Wildman–Crippen LogP) is 4.50. The molecule has 5 nitrogen and oxygen atoms in total. The van der Waals surface area contributed by atoms with Crippen molar-refractivity contribution >= 4 is 23.4 Å². The molecule has 6 heteroatoms. The molecule has 0 aliphatic rings. The third-order valence-corrected chi connectivity index (χ3v) is 5.35. The van der Waals surface area contributed by atoms with Crippen LogP contribution in [0.3, 0.4) is 0 Å². The lowest BCUT2D eigenvalue weighted by Crippen LogP contribution is -2.49. The number of rotatable bonds is 10. The second-order valence-corrected chi connectivity index (χ2v) is 7.89. The number of ether oxygens (including phenoxy) is 1. The van der Waals surface area contributed by atoms with E-state index in [4.69, 9.17) is 16.3 Å². The van der Waals surface area contributed by atoms with Gasteiger partial charge in [-0.15, -0.1) is 0 Å². The largest absolute Gasteiger partial charge is 0.484 e. The van der Waals surface area contributed by atoms with Crippen LogP contribution in [0.2, 0.25) is 5.02 Å². The molecule has 1 atom stereocenters. The molecular formula is C26H27ClN2O3. The fraction of sp³-hybridized carbons (Fsp3) is 0.231. The molecule has 0 spiro atoms. The Hall–Kier alpha value is -3.31. The summed E-state index contributed by atoms with van der Waals surface area (Å²) in [6, 6.07) is 25.7. The number of hydrogen-bond acceptors (Lipinski definition) is 3. The molecule has 1 unspecified atom stereocenters. The van der Waals surface area contributed by atoms with Crippen LogP contribution in [0, 0.1) is 0 Å². The van der Waals surface area contributed by atoms with E-state index in [-0.39, 0.29) is 25.0 Å². The first kappa shape index (κ1) is 23.4. The summed E-state index contributed by atoms with van der Waals surface area (Å²) in [5, 5.41) is 3.56. The van der Waals surface area contributed by atoms with E-state index >= 15 is 0 Å². The van der Waals surface area contributed by atoms with Crippen molar-refractivity contribution < 1.29 is 14.3 Å². The zero-order valence-electron chi connectivity index (χ0n) is 18.0. The average Bonchev–Trinajstić information content (AvgIpc) is 2.83. The van der Waals surface area contributed by atoms with Crippen molar-refractivity contribution in [2.75, 3.05) is 13.2 Å². The Labute approximate surface area is 194 Å². The van der Waals surface area contributed by atoms with Crippen LogP contribution >= 0.6 is 11.6 Å². The molecule has 3 rings (SSSR count). The third kappa shape index (κ3) is 7.13. The molecular weight excluding hydrogens is 424 g/mol. The van der Waals surface area contributed by atoms with E-state index in [0.717, 1.165) is 17.5 Å². The zero-order chi connectivity index (χ0) is 22.8. The second kappa shape index (κ2) is 11.9. The Morgan fingerprint density at radius 3 is 2.19 bits per heavy atom. The summed E-state index contributed by atoms with van der Waals surface area (Å²) in [5.41, 5.74) is 2.03. The quantitative estimate of drug-likeness (QED) is 0.495. The van der Waals surface area contributed by atoms with Crippen molar-refractivity contribution in [3.05, 3.63) is 101 Å². The first-order valence-corrected chi connectivity index (χ1v) is 10.9. The van der Waals surface area contributed by atoms with E-state index in [2.05, 4.69) is 5.32 Å². The van der Waals surface area contributed by atoms with Crippen molar-refractivity contribution in [3.8, 4) is 5.75 Å². The molecule has 0 aliphatic carbocycles. The van der Waals surface area contributed by atoms with Gasteiger partial charge in [0.1, 0.15) is 11.8 Å². The summed E-state index contributed by atoms with van der Waals surface area (Å²) in [7, 11) is 0. The van der Waals surface area contributed by atoms with Gasteiger partial charge in [0.25, 0.3) is 5.91 Å². The number of hydrogen-bond donors (Lipinski definition) is 1. The van der Waals surface area contributed by atoms with Gasteiger partial charge in [-0.3, -0.25) is 9.59 Å². The van der Waals surface area contributed by atoms with Crippen molar-refractivity contribution in [2.45, 2.75) is 25.9 Å². The molecule has 32 heavy (non-hydrogen) atoms. The van der Waals surface area contributed by atoms with Gasteiger partial charge in [0, 0.05) is 18.1 Å². The van der Waals surface area contributed by atoms with Crippen molar-refractivity contribution in [1.82, 2.24) is 10.2 Å². The Morgan fingerprint density at radius 1 is 0.906 bits per heavy atom. The fourth-order valence-corrected chi connectivity index (χ4v) is 3.36. The molecule has 0 saturated heterocycles. The van der Waals surface area contributed by atoms with Gasteiger partial charge >= 0.3 is 0 Å². The molecule has 0 bridgehead atoms. The molecule has 0 fully saturated rings. The van der Waals surface area contributed by atoms with E-state index in [1.165, 1.54) is 4.90 Å². The molecule has 1 N–H and O–H groups in total. The molecule has 0 heterocycles. The highest BCUT2D eigenvalue weighted by Crippen LogP contribution is 2.15. The van der Waals surface area contributed by atoms with Crippen LogP contribution < -0.4 is 10.1 Å². The standard InChI is InChI=1S/C26H27ClN2O3/c1-20(26(31)28-17-16-21-8-4-2-5-9-21)29(18-22-12-14-23(27)15-13-22)25(30)19-32-24-10-6-3-7-11-24/h2-15,20H,16-19H2,1H3,(H,28,31).